The smallest absolute Gasteiger partial charge is 0.282 e. The molecule has 0 aliphatic heterocycles. The maximum atomic E-state index is 12.6. The molecule has 6 heteroatoms. The molecule has 0 unspecified atom stereocenters. The Hall–Kier alpha value is -1.01. The van der Waals surface area contributed by atoms with Crippen molar-refractivity contribution in [1.29, 1.82) is 0 Å². The SMILES string of the molecule is Cn1nccc1CCNCC(F)(F)CO. The molecular weight excluding hydrogens is 204 g/mol. The zero-order valence-corrected chi connectivity index (χ0v) is 8.58. The van der Waals surface area contributed by atoms with Gasteiger partial charge in [0, 0.05) is 31.9 Å². The molecule has 0 aliphatic carbocycles. The summed E-state index contributed by atoms with van der Waals surface area (Å²) in [5.41, 5.74) is 0.981. The lowest BCUT2D eigenvalue weighted by Gasteiger charge is -2.13. The fourth-order valence-electron chi connectivity index (χ4n) is 1.19. The maximum Gasteiger partial charge on any atom is 0.282 e. The lowest BCUT2D eigenvalue weighted by atomic mass is 10.3. The molecule has 0 amide bonds. The van der Waals surface area contributed by atoms with Gasteiger partial charge in [-0.1, -0.05) is 0 Å². The van der Waals surface area contributed by atoms with Gasteiger partial charge in [-0.05, 0) is 6.07 Å². The van der Waals surface area contributed by atoms with E-state index in [9.17, 15) is 8.78 Å². The van der Waals surface area contributed by atoms with Crippen molar-refractivity contribution in [3.8, 4) is 0 Å². The van der Waals surface area contributed by atoms with E-state index in [4.69, 9.17) is 5.11 Å². The first-order valence-electron chi connectivity index (χ1n) is 4.71. The summed E-state index contributed by atoms with van der Waals surface area (Å²) in [6.07, 6.45) is 2.30. The number of aliphatic hydroxyl groups excluding tert-OH is 1. The molecule has 0 aromatic carbocycles. The molecule has 15 heavy (non-hydrogen) atoms. The number of hydrogen-bond donors (Lipinski definition) is 2. The lowest BCUT2D eigenvalue weighted by Crippen LogP contribution is -2.36. The number of aryl methyl sites for hydroxylation is 1. The molecule has 86 valence electrons. The maximum absolute atomic E-state index is 12.6. The van der Waals surface area contributed by atoms with E-state index in [0.717, 1.165) is 5.69 Å². The Bertz CT molecular complexity index is 301. The number of rotatable bonds is 6. The average Bonchev–Trinajstić information content (AvgIpc) is 2.59. The molecule has 0 radical (unpaired) electrons. The minimum atomic E-state index is -3.04. The van der Waals surface area contributed by atoms with Gasteiger partial charge in [-0.3, -0.25) is 4.68 Å². The van der Waals surface area contributed by atoms with Crippen molar-refractivity contribution in [2.75, 3.05) is 19.7 Å². The van der Waals surface area contributed by atoms with Crippen LogP contribution in [0.25, 0.3) is 0 Å². The van der Waals surface area contributed by atoms with Crippen molar-refractivity contribution in [2.24, 2.45) is 7.05 Å². The Labute approximate surface area is 86.9 Å². The minimum absolute atomic E-state index is 0.440. The van der Waals surface area contributed by atoms with Crippen LogP contribution in [0.15, 0.2) is 12.3 Å². The van der Waals surface area contributed by atoms with Gasteiger partial charge in [0.1, 0.15) is 6.61 Å². The third-order valence-electron chi connectivity index (χ3n) is 2.10. The third-order valence-corrected chi connectivity index (χ3v) is 2.10. The Balaban J connectivity index is 2.20. The Morgan fingerprint density at radius 3 is 2.87 bits per heavy atom. The predicted octanol–water partition coefficient (Wildman–Crippen LogP) is 0.180. The second-order valence-corrected chi connectivity index (χ2v) is 3.39. The molecule has 0 aliphatic rings. The van der Waals surface area contributed by atoms with Gasteiger partial charge in [0.05, 0.1) is 6.54 Å². The lowest BCUT2D eigenvalue weighted by molar-refractivity contribution is -0.0473. The van der Waals surface area contributed by atoms with E-state index in [-0.39, 0.29) is 0 Å². The molecule has 1 heterocycles. The van der Waals surface area contributed by atoms with E-state index >= 15 is 0 Å². The van der Waals surface area contributed by atoms with Gasteiger partial charge in [0.15, 0.2) is 0 Å². The zero-order valence-electron chi connectivity index (χ0n) is 8.58. The van der Waals surface area contributed by atoms with Gasteiger partial charge in [0.25, 0.3) is 5.92 Å². The van der Waals surface area contributed by atoms with E-state index in [1.54, 1.807) is 17.9 Å². The summed E-state index contributed by atoms with van der Waals surface area (Å²) in [5, 5.41) is 14.9. The van der Waals surface area contributed by atoms with Gasteiger partial charge in [-0.2, -0.15) is 5.10 Å². The van der Waals surface area contributed by atoms with Crippen molar-refractivity contribution in [1.82, 2.24) is 15.1 Å². The fraction of sp³-hybridized carbons (Fsp3) is 0.667. The van der Waals surface area contributed by atoms with Crippen LogP contribution in [0.1, 0.15) is 5.69 Å². The number of alkyl halides is 2. The van der Waals surface area contributed by atoms with E-state index in [1.165, 1.54) is 0 Å². The van der Waals surface area contributed by atoms with Crippen molar-refractivity contribution in [2.45, 2.75) is 12.3 Å². The molecule has 0 bridgehead atoms. The van der Waals surface area contributed by atoms with Crippen LogP contribution in [0.4, 0.5) is 8.78 Å². The number of aromatic nitrogens is 2. The summed E-state index contributed by atoms with van der Waals surface area (Å²) in [6.45, 7) is -1.18. The van der Waals surface area contributed by atoms with Crippen LogP contribution < -0.4 is 5.32 Å². The van der Waals surface area contributed by atoms with E-state index in [1.807, 2.05) is 6.07 Å². The first kappa shape index (κ1) is 12.1. The zero-order chi connectivity index (χ0) is 11.3. The summed E-state index contributed by atoms with van der Waals surface area (Å²) < 4.78 is 26.8. The first-order chi connectivity index (χ1) is 7.05. The molecule has 1 aromatic rings. The first-order valence-corrected chi connectivity index (χ1v) is 4.71. The van der Waals surface area contributed by atoms with Gasteiger partial charge >= 0.3 is 0 Å². The predicted molar refractivity (Wildman–Crippen MR) is 51.8 cm³/mol. The molecule has 0 saturated carbocycles. The normalized spacial score (nSPS) is 12.0. The number of nitrogens with one attached hydrogen (secondary N) is 1. The summed E-state index contributed by atoms with van der Waals surface area (Å²) >= 11 is 0. The van der Waals surface area contributed by atoms with Gasteiger partial charge in [-0.25, -0.2) is 8.78 Å². The summed E-state index contributed by atoms with van der Waals surface area (Å²) in [6, 6.07) is 1.84. The minimum Gasteiger partial charge on any atom is -0.390 e. The highest BCUT2D eigenvalue weighted by atomic mass is 19.3. The molecule has 0 spiro atoms. The van der Waals surface area contributed by atoms with Gasteiger partial charge in [0.2, 0.25) is 0 Å². The van der Waals surface area contributed by atoms with E-state index in [0.29, 0.717) is 13.0 Å². The van der Waals surface area contributed by atoms with Crippen LogP contribution in [-0.2, 0) is 13.5 Å². The van der Waals surface area contributed by atoms with Gasteiger partial charge < -0.3 is 10.4 Å². The highest BCUT2D eigenvalue weighted by Crippen LogP contribution is 2.09. The van der Waals surface area contributed by atoms with Crippen LogP contribution in [0, 0.1) is 0 Å². The molecule has 2 N–H and O–H groups in total. The molecule has 1 aromatic heterocycles. The monoisotopic (exact) mass is 219 g/mol. The van der Waals surface area contributed by atoms with E-state index < -0.39 is 19.1 Å². The van der Waals surface area contributed by atoms with Crippen LogP contribution in [0.5, 0.6) is 0 Å². The third kappa shape index (κ3) is 3.93. The second-order valence-electron chi connectivity index (χ2n) is 3.39. The standard InChI is InChI=1S/C9H15F2N3O/c1-14-8(3-5-13-14)2-4-12-6-9(10,11)7-15/h3,5,12,15H,2,4,6-7H2,1H3. The largest absolute Gasteiger partial charge is 0.390 e. The number of nitrogens with zero attached hydrogens (tertiary/aromatic N) is 2. The highest BCUT2D eigenvalue weighted by molar-refractivity contribution is 5.00. The fourth-order valence-corrected chi connectivity index (χ4v) is 1.19. The average molecular weight is 219 g/mol. The van der Waals surface area contributed by atoms with Crippen molar-refractivity contribution >= 4 is 0 Å². The van der Waals surface area contributed by atoms with Crippen LogP contribution >= 0.6 is 0 Å². The van der Waals surface area contributed by atoms with Crippen LogP contribution in [0.3, 0.4) is 0 Å². The molecule has 0 fully saturated rings. The number of halogens is 2. The van der Waals surface area contributed by atoms with Gasteiger partial charge in [-0.15, -0.1) is 0 Å². The Morgan fingerprint density at radius 2 is 2.33 bits per heavy atom. The van der Waals surface area contributed by atoms with Crippen molar-refractivity contribution in [3.63, 3.8) is 0 Å². The summed E-state index contributed by atoms with van der Waals surface area (Å²) in [5.74, 6) is -3.04. The summed E-state index contributed by atoms with van der Waals surface area (Å²) in [4.78, 5) is 0. The molecule has 0 atom stereocenters. The second kappa shape index (κ2) is 5.18. The molecule has 0 saturated heterocycles. The molecule has 1 rings (SSSR count). The Morgan fingerprint density at radius 1 is 1.60 bits per heavy atom. The van der Waals surface area contributed by atoms with Crippen molar-refractivity contribution in [3.05, 3.63) is 18.0 Å². The topological polar surface area (TPSA) is 50.1 Å². The number of aliphatic hydroxyl groups is 1. The van der Waals surface area contributed by atoms with Crippen molar-refractivity contribution < 1.29 is 13.9 Å². The van der Waals surface area contributed by atoms with E-state index in [2.05, 4.69) is 10.4 Å². The molecule has 4 nitrogen and oxygen atoms in total. The summed E-state index contributed by atoms with van der Waals surface area (Å²) in [7, 11) is 1.80. The highest BCUT2D eigenvalue weighted by Gasteiger charge is 2.26. The quantitative estimate of drug-likeness (QED) is 0.671. The van der Waals surface area contributed by atoms with Crippen LogP contribution in [-0.4, -0.2) is 40.5 Å². The van der Waals surface area contributed by atoms with Crippen LogP contribution in [0.2, 0.25) is 0 Å². The Kier molecular flexibility index (Phi) is 4.16. The molecular formula is C9H15F2N3O. The number of hydrogen-bond acceptors (Lipinski definition) is 3.